The zero-order valence-electron chi connectivity index (χ0n) is 10.6. The van der Waals surface area contributed by atoms with Crippen molar-refractivity contribution in [2.24, 2.45) is 0 Å². The molecule has 0 aliphatic rings. The van der Waals surface area contributed by atoms with Crippen molar-refractivity contribution in [3.8, 4) is 5.75 Å². The number of ether oxygens (including phenoxy) is 1. The van der Waals surface area contributed by atoms with Crippen molar-refractivity contribution in [3.63, 3.8) is 0 Å². The molecule has 4 nitrogen and oxygen atoms in total. The van der Waals surface area contributed by atoms with Crippen LogP contribution in [0.1, 0.15) is 10.4 Å². The molecule has 0 saturated heterocycles. The van der Waals surface area contributed by atoms with Crippen LogP contribution in [0, 0.1) is 5.82 Å². The van der Waals surface area contributed by atoms with Crippen LogP contribution in [0.4, 0.5) is 15.8 Å². The molecule has 20 heavy (non-hydrogen) atoms. The second-order valence-electron chi connectivity index (χ2n) is 4.04. The minimum Gasteiger partial charge on any atom is -0.494 e. The Hall–Kier alpha value is -2.08. The average Bonchev–Trinajstić information content (AvgIpc) is 2.43. The molecule has 0 saturated carbocycles. The highest BCUT2D eigenvalue weighted by Crippen LogP contribution is 2.24. The largest absolute Gasteiger partial charge is 0.494 e. The Balaban J connectivity index is 2.21. The standard InChI is InChI=1S/C14H12BrFN2O2/c1-20-13-6-8(2-5-11(13)16)14(19)18-9-3-4-10(15)12(17)7-9/h2-7H,17H2,1H3,(H,18,19). The Bertz CT molecular complexity index is 662. The van der Waals surface area contributed by atoms with Gasteiger partial charge in [0.1, 0.15) is 0 Å². The van der Waals surface area contributed by atoms with E-state index >= 15 is 0 Å². The molecule has 0 atom stereocenters. The first-order chi connectivity index (χ1) is 9.51. The molecule has 104 valence electrons. The summed E-state index contributed by atoms with van der Waals surface area (Å²) in [6.45, 7) is 0. The Morgan fingerprint density at radius 3 is 2.70 bits per heavy atom. The summed E-state index contributed by atoms with van der Waals surface area (Å²) >= 11 is 3.27. The van der Waals surface area contributed by atoms with Crippen LogP contribution in [0.2, 0.25) is 0 Å². The van der Waals surface area contributed by atoms with Crippen molar-refractivity contribution in [1.29, 1.82) is 0 Å². The number of rotatable bonds is 3. The van der Waals surface area contributed by atoms with Gasteiger partial charge in [-0.15, -0.1) is 0 Å². The summed E-state index contributed by atoms with van der Waals surface area (Å²) in [5.74, 6) is -0.866. The van der Waals surface area contributed by atoms with Gasteiger partial charge in [0.15, 0.2) is 11.6 Å². The maximum Gasteiger partial charge on any atom is 0.255 e. The molecule has 0 bridgehead atoms. The lowest BCUT2D eigenvalue weighted by atomic mass is 10.2. The van der Waals surface area contributed by atoms with Gasteiger partial charge in [0.05, 0.1) is 7.11 Å². The van der Waals surface area contributed by atoms with Crippen LogP contribution in [0.15, 0.2) is 40.9 Å². The monoisotopic (exact) mass is 338 g/mol. The lowest BCUT2D eigenvalue weighted by molar-refractivity contribution is 0.102. The number of nitrogens with one attached hydrogen (secondary N) is 1. The Kier molecular flexibility index (Phi) is 4.24. The molecule has 0 radical (unpaired) electrons. The third kappa shape index (κ3) is 3.08. The van der Waals surface area contributed by atoms with Crippen molar-refractivity contribution in [2.75, 3.05) is 18.2 Å². The summed E-state index contributed by atoms with van der Waals surface area (Å²) < 4.78 is 18.9. The van der Waals surface area contributed by atoms with Crippen molar-refractivity contribution in [2.45, 2.75) is 0 Å². The molecular formula is C14H12BrFN2O2. The molecule has 0 aromatic heterocycles. The summed E-state index contributed by atoms with van der Waals surface area (Å²) in [6.07, 6.45) is 0. The zero-order chi connectivity index (χ0) is 14.7. The zero-order valence-corrected chi connectivity index (χ0v) is 12.2. The molecule has 2 aromatic carbocycles. The smallest absolute Gasteiger partial charge is 0.255 e. The number of methoxy groups -OCH3 is 1. The van der Waals surface area contributed by atoms with Gasteiger partial charge in [-0.1, -0.05) is 0 Å². The van der Waals surface area contributed by atoms with Crippen molar-refractivity contribution in [1.82, 2.24) is 0 Å². The SMILES string of the molecule is COc1cc(C(=O)Nc2ccc(Br)c(N)c2)ccc1F. The van der Waals surface area contributed by atoms with E-state index in [0.717, 1.165) is 4.47 Å². The topological polar surface area (TPSA) is 64.3 Å². The third-order valence-electron chi connectivity index (χ3n) is 2.67. The Morgan fingerprint density at radius 2 is 2.05 bits per heavy atom. The maximum atomic E-state index is 13.3. The number of nitrogens with two attached hydrogens (primary N) is 1. The number of carbonyl (C=O) groups is 1. The normalized spacial score (nSPS) is 10.2. The van der Waals surface area contributed by atoms with Crippen LogP contribution < -0.4 is 15.8 Å². The number of hydrogen-bond donors (Lipinski definition) is 2. The maximum absolute atomic E-state index is 13.3. The van der Waals surface area contributed by atoms with Crippen LogP contribution in [0.5, 0.6) is 5.75 Å². The number of carbonyl (C=O) groups excluding carboxylic acids is 1. The third-order valence-corrected chi connectivity index (χ3v) is 3.39. The van der Waals surface area contributed by atoms with Crippen LogP contribution in [-0.4, -0.2) is 13.0 Å². The average molecular weight is 339 g/mol. The van der Waals surface area contributed by atoms with E-state index < -0.39 is 5.82 Å². The van der Waals surface area contributed by atoms with E-state index in [1.165, 1.54) is 25.3 Å². The first kappa shape index (κ1) is 14.3. The summed E-state index contributed by atoms with van der Waals surface area (Å²) in [4.78, 5) is 12.0. The molecule has 0 aliphatic heterocycles. The molecule has 3 N–H and O–H groups in total. The molecule has 1 amide bonds. The number of amides is 1. The van der Waals surface area contributed by atoms with Crippen LogP contribution in [-0.2, 0) is 0 Å². The quantitative estimate of drug-likeness (QED) is 0.842. The Labute approximate surface area is 123 Å². The predicted octanol–water partition coefficient (Wildman–Crippen LogP) is 3.43. The van der Waals surface area contributed by atoms with Crippen LogP contribution >= 0.6 is 15.9 Å². The lowest BCUT2D eigenvalue weighted by Gasteiger charge is -2.08. The van der Waals surface area contributed by atoms with Gasteiger partial charge in [-0.3, -0.25) is 4.79 Å². The van der Waals surface area contributed by atoms with Gasteiger partial charge < -0.3 is 15.8 Å². The number of anilines is 2. The second-order valence-corrected chi connectivity index (χ2v) is 4.89. The first-order valence-electron chi connectivity index (χ1n) is 5.71. The molecule has 0 spiro atoms. The van der Waals surface area contributed by atoms with Gasteiger partial charge in [-0.25, -0.2) is 4.39 Å². The fraction of sp³-hybridized carbons (Fsp3) is 0.0714. The highest BCUT2D eigenvalue weighted by Gasteiger charge is 2.11. The number of halogens is 2. The first-order valence-corrected chi connectivity index (χ1v) is 6.50. The fourth-order valence-corrected chi connectivity index (χ4v) is 1.87. The van der Waals surface area contributed by atoms with E-state index in [1.54, 1.807) is 18.2 Å². The minimum absolute atomic E-state index is 0.0213. The molecule has 6 heteroatoms. The van der Waals surface area contributed by atoms with Gasteiger partial charge >= 0.3 is 0 Å². The van der Waals surface area contributed by atoms with E-state index in [9.17, 15) is 9.18 Å². The van der Waals surface area contributed by atoms with Gasteiger partial charge in [-0.2, -0.15) is 0 Å². The fourth-order valence-electron chi connectivity index (χ4n) is 1.63. The highest BCUT2D eigenvalue weighted by atomic mass is 79.9. The second kappa shape index (κ2) is 5.92. The summed E-state index contributed by atoms with van der Waals surface area (Å²) in [7, 11) is 1.34. The van der Waals surface area contributed by atoms with Gasteiger partial charge in [0, 0.05) is 21.4 Å². The summed E-state index contributed by atoms with van der Waals surface area (Å²) in [6, 6.07) is 8.98. The molecule has 0 aliphatic carbocycles. The number of benzene rings is 2. The number of hydrogen-bond acceptors (Lipinski definition) is 3. The van der Waals surface area contributed by atoms with E-state index in [0.29, 0.717) is 16.9 Å². The van der Waals surface area contributed by atoms with Crippen LogP contribution in [0.25, 0.3) is 0 Å². The molecule has 2 rings (SSSR count). The molecule has 2 aromatic rings. The number of nitrogen functional groups attached to an aromatic ring is 1. The van der Waals surface area contributed by atoms with Crippen molar-refractivity contribution in [3.05, 3.63) is 52.3 Å². The summed E-state index contributed by atoms with van der Waals surface area (Å²) in [5, 5.41) is 2.68. The Morgan fingerprint density at radius 1 is 1.30 bits per heavy atom. The molecule has 0 unspecified atom stereocenters. The molecular weight excluding hydrogens is 327 g/mol. The molecule has 0 heterocycles. The lowest BCUT2D eigenvalue weighted by Crippen LogP contribution is -2.12. The van der Waals surface area contributed by atoms with E-state index in [-0.39, 0.29) is 11.7 Å². The highest BCUT2D eigenvalue weighted by molar-refractivity contribution is 9.10. The van der Waals surface area contributed by atoms with Crippen LogP contribution in [0.3, 0.4) is 0 Å². The predicted molar refractivity (Wildman–Crippen MR) is 79.5 cm³/mol. The van der Waals surface area contributed by atoms with E-state index in [4.69, 9.17) is 10.5 Å². The molecule has 0 fully saturated rings. The van der Waals surface area contributed by atoms with Gasteiger partial charge in [-0.05, 0) is 52.3 Å². The van der Waals surface area contributed by atoms with Gasteiger partial charge in [0.2, 0.25) is 0 Å². The summed E-state index contributed by atoms with van der Waals surface area (Å²) in [5.41, 5.74) is 7.10. The minimum atomic E-state index is -0.517. The van der Waals surface area contributed by atoms with E-state index in [2.05, 4.69) is 21.2 Å². The van der Waals surface area contributed by atoms with Crippen molar-refractivity contribution >= 4 is 33.2 Å². The van der Waals surface area contributed by atoms with E-state index in [1.807, 2.05) is 0 Å². The van der Waals surface area contributed by atoms with Gasteiger partial charge in [0.25, 0.3) is 5.91 Å². The van der Waals surface area contributed by atoms with Crippen molar-refractivity contribution < 1.29 is 13.9 Å².